The van der Waals surface area contributed by atoms with Crippen molar-refractivity contribution in [3.63, 3.8) is 0 Å². The SMILES string of the molecule is CC(C)(C)[C@H]1COC(CC2=N[C@@H](C(C)(C)C)CO2)=N1.[Cu+2].[F][Sb-]([F])([F])([F])([F])[F].[F][Sb-]([F])([F])([F])([F])[F]. The Labute approximate surface area is 204 Å². The number of aliphatic imine (C=N–C) groups is 2. The molecule has 2 aliphatic heterocycles. The van der Waals surface area contributed by atoms with Gasteiger partial charge in [0.2, 0.25) is 0 Å². The van der Waals surface area contributed by atoms with Crippen LogP contribution in [0.25, 0.3) is 0 Å². The molecule has 4 nitrogen and oxygen atoms in total. The van der Waals surface area contributed by atoms with E-state index in [1.165, 1.54) is 0 Å². The maximum atomic E-state index is 9.93. The van der Waals surface area contributed by atoms with Gasteiger partial charge in [-0.05, 0) is 10.8 Å². The second kappa shape index (κ2) is 9.22. The van der Waals surface area contributed by atoms with Crippen LogP contribution in [-0.4, -0.2) is 76.0 Å². The molecule has 0 aromatic rings. The molecule has 0 aromatic heterocycles. The van der Waals surface area contributed by atoms with Crippen molar-refractivity contribution in [2.45, 2.75) is 60.0 Å². The summed E-state index contributed by atoms with van der Waals surface area (Å²) in [7, 11) is 0. The minimum atomic E-state index is -11.2. The molecule has 0 bridgehead atoms. The fraction of sp³-hybridized carbons (Fsp3) is 0.867. The van der Waals surface area contributed by atoms with Crippen molar-refractivity contribution in [3.8, 4) is 0 Å². The second-order valence-electron chi connectivity index (χ2n) is 9.52. The summed E-state index contributed by atoms with van der Waals surface area (Å²) in [5.74, 6) is 1.54. The van der Waals surface area contributed by atoms with Crippen LogP contribution < -0.4 is 0 Å². The predicted molar refractivity (Wildman–Crippen MR) is 103 cm³/mol. The maximum absolute atomic E-state index is 11.2. The van der Waals surface area contributed by atoms with Crippen molar-refractivity contribution in [1.82, 2.24) is 0 Å². The molecular formula is C15H26CuF12N2O2Sb2. The molecule has 19 heteroatoms. The Hall–Kier alpha value is 0.256. The van der Waals surface area contributed by atoms with Crippen LogP contribution in [0.5, 0.6) is 0 Å². The summed E-state index contributed by atoms with van der Waals surface area (Å²) in [5.41, 5.74) is 0.294. The van der Waals surface area contributed by atoms with Crippen LogP contribution in [0.1, 0.15) is 48.0 Å². The number of nitrogens with zero attached hydrogens (tertiary/aromatic N) is 2. The quantitative estimate of drug-likeness (QED) is 0.217. The molecule has 0 unspecified atom stereocenters. The third-order valence-electron chi connectivity index (χ3n) is 3.72. The van der Waals surface area contributed by atoms with Gasteiger partial charge in [-0.2, -0.15) is 0 Å². The molecule has 2 heterocycles. The molecule has 0 spiro atoms. The molecule has 213 valence electrons. The van der Waals surface area contributed by atoms with Gasteiger partial charge in [-0.25, -0.2) is 9.98 Å². The van der Waals surface area contributed by atoms with E-state index in [4.69, 9.17) is 9.47 Å². The van der Waals surface area contributed by atoms with E-state index in [2.05, 4.69) is 51.5 Å². The van der Waals surface area contributed by atoms with Crippen LogP contribution in [0.15, 0.2) is 9.98 Å². The zero-order valence-electron chi connectivity index (χ0n) is 18.7. The van der Waals surface area contributed by atoms with Crippen LogP contribution in [-0.2, 0) is 26.5 Å². The Morgan fingerprint density at radius 2 is 0.824 bits per heavy atom. The molecule has 0 aliphatic carbocycles. The number of rotatable bonds is 2. The molecule has 34 heavy (non-hydrogen) atoms. The summed E-state index contributed by atoms with van der Waals surface area (Å²) in [6.45, 7) is 14.5. The first kappa shape index (κ1) is 36.4. The first-order valence-corrected chi connectivity index (χ1v) is 20.7. The van der Waals surface area contributed by atoms with E-state index >= 15 is 0 Å². The van der Waals surface area contributed by atoms with Crippen LogP contribution in [0.3, 0.4) is 0 Å². The van der Waals surface area contributed by atoms with Gasteiger partial charge in [0, 0.05) is 0 Å². The average molecular weight is 801 g/mol. The van der Waals surface area contributed by atoms with E-state index in [0.717, 1.165) is 11.8 Å². The molecule has 1 radical (unpaired) electrons. The summed E-state index contributed by atoms with van der Waals surface area (Å²) in [6, 6.07) is 0.478. The fourth-order valence-electron chi connectivity index (χ4n) is 2.06. The van der Waals surface area contributed by atoms with Gasteiger partial charge in [0.05, 0.1) is 18.5 Å². The van der Waals surface area contributed by atoms with E-state index in [9.17, 15) is 33.8 Å². The zero-order valence-corrected chi connectivity index (χ0v) is 24.8. The molecule has 0 fully saturated rings. The van der Waals surface area contributed by atoms with Crippen molar-refractivity contribution in [2.24, 2.45) is 20.8 Å². The monoisotopic (exact) mass is 799 g/mol. The molecule has 2 atom stereocenters. The van der Waals surface area contributed by atoms with Crippen molar-refractivity contribution >= 4 is 50.7 Å². The summed E-state index contributed by atoms with van der Waals surface area (Å²) in [6.07, 6.45) is 0.596. The number of ether oxygens (including phenoxy) is 2. The first-order chi connectivity index (χ1) is 13.6. The Kier molecular flexibility index (Phi) is 9.88. The van der Waals surface area contributed by atoms with Crippen LogP contribution in [0, 0.1) is 10.8 Å². The average Bonchev–Trinajstić information content (AvgIpc) is 2.98. The van der Waals surface area contributed by atoms with Gasteiger partial charge < -0.3 is 9.47 Å². The standard InChI is InChI=1S/C15H26N2O2.Cu.12FH.2Sb/c1-14(2,3)10-8-18-12(16-10)7-13-17-11(9-19-13)15(4,5)6;;;;;;;;;;;;;;;/h10-11H,7-9H2,1-6H3;;12*1H;;/q;+2;;;;;;;;;;;;;2*+5/p-12/t10-,11-;;;;;;;;;;;;;;;/m1.............../s1. The van der Waals surface area contributed by atoms with Crippen LogP contribution in [0.4, 0.5) is 33.8 Å². The normalized spacial score (nSPS) is 25.0. The van der Waals surface area contributed by atoms with Gasteiger partial charge in [-0.3, -0.25) is 0 Å². The van der Waals surface area contributed by atoms with E-state index in [-0.39, 0.29) is 40.0 Å². The van der Waals surface area contributed by atoms with Crippen molar-refractivity contribution in [3.05, 3.63) is 0 Å². The number of halogens is 12. The Morgan fingerprint density at radius 3 is 0.971 bits per heavy atom. The molecule has 0 N–H and O–H groups in total. The molecule has 0 saturated heterocycles. The Bertz CT molecular complexity index is 692. The van der Waals surface area contributed by atoms with E-state index in [0.29, 0.717) is 19.6 Å². The summed E-state index contributed by atoms with van der Waals surface area (Å²) in [5, 5.41) is 0. The minimum absolute atomic E-state index is 0. The third-order valence-corrected chi connectivity index (χ3v) is 3.72. The number of hydrogen-bond acceptors (Lipinski definition) is 4. The van der Waals surface area contributed by atoms with E-state index in [1.54, 1.807) is 0 Å². The van der Waals surface area contributed by atoms with Gasteiger partial charge in [0.25, 0.3) is 0 Å². The molecular weight excluding hydrogens is 775 g/mol. The Morgan fingerprint density at radius 1 is 0.618 bits per heavy atom. The van der Waals surface area contributed by atoms with Crippen molar-refractivity contribution in [1.29, 1.82) is 0 Å². The van der Waals surface area contributed by atoms with Crippen molar-refractivity contribution < 1.29 is 60.3 Å². The van der Waals surface area contributed by atoms with Crippen LogP contribution in [0.2, 0.25) is 0 Å². The van der Waals surface area contributed by atoms with Gasteiger partial charge in [-0.1, -0.05) is 41.5 Å². The summed E-state index contributed by atoms with van der Waals surface area (Å²) in [4.78, 5) is 9.29. The van der Waals surface area contributed by atoms with Gasteiger partial charge in [-0.15, -0.1) is 0 Å². The molecule has 0 amide bonds. The second-order valence-corrected chi connectivity index (χ2v) is 20.5. The zero-order chi connectivity index (χ0) is 27.1. The van der Waals surface area contributed by atoms with Crippen LogP contribution >= 0.6 is 0 Å². The molecule has 0 saturated carbocycles. The topological polar surface area (TPSA) is 43.2 Å². The third kappa shape index (κ3) is 26.9. The fourth-order valence-corrected chi connectivity index (χ4v) is 2.06. The summed E-state index contributed by atoms with van der Waals surface area (Å²) < 4.78 is 130. The summed E-state index contributed by atoms with van der Waals surface area (Å²) >= 11 is -22.5. The molecule has 2 aliphatic rings. The molecule has 0 aromatic carbocycles. The predicted octanol–water partition coefficient (Wildman–Crippen LogP) is 7.34. The van der Waals surface area contributed by atoms with E-state index in [1.807, 2.05) is 0 Å². The Balaban J connectivity index is 0. The van der Waals surface area contributed by atoms with E-state index < -0.39 is 39.0 Å². The molecule has 2 rings (SSSR count). The first-order valence-electron chi connectivity index (χ1n) is 9.08. The van der Waals surface area contributed by atoms with Gasteiger partial charge in [0.15, 0.2) is 11.8 Å². The van der Waals surface area contributed by atoms with Gasteiger partial charge in [0.1, 0.15) is 13.2 Å². The number of hydrogen-bond donors (Lipinski definition) is 0. The van der Waals surface area contributed by atoms with Crippen molar-refractivity contribution in [2.75, 3.05) is 13.2 Å². The van der Waals surface area contributed by atoms with Gasteiger partial charge >= 0.3 is 89.8 Å².